The van der Waals surface area contributed by atoms with Crippen LogP contribution in [0.4, 0.5) is 8.78 Å². The van der Waals surface area contributed by atoms with Crippen LogP contribution in [0.5, 0.6) is 0 Å². The van der Waals surface area contributed by atoms with Gasteiger partial charge in [0.2, 0.25) is 0 Å². The summed E-state index contributed by atoms with van der Waals surface area (Å²) in [4.78, 5) is 15.4. The number of nitrogens with zero attached hydrogens (tertiary/aromatic N) is 2. The lowest BCUT2D eigenvalue weighted by atomic mass is 10.0. The van der Waals surface area contributed by atoms with Crippen molar-refractivity contribution in [2.75, 3.05) is 0 Å². The average molecular weight is 330 g/mol. The predicted octanol–water partition coefficient (Wildman–Crippen LogP) is 4.12. The molecule has 3 aromatic rings. The number of fused-ring (bicyclic) bond motifs is 1. The molecular formula is C16H8F2N2O2S. The molecule has 1 aromatic heterocycles. The van der Waals surface area contributed by atoms with E-state index in [0.29, 0.717) is 21.7 Å². The zero-order chi connectivity index (χ0) is 16.7. The van der Waals surface area contributed by atoms with E-state index in [9.17, 15) is 18.8 Å². The third-order valence-electron chi connectivity index (χ3n) is 3.37. The Morgan fingerprint density at radius 2 is 2.09 bits per heavy atom. The molecule has 0 atom stereocenters. The largest absolute Gasteiger partial charge is 0.477 e. The summed E-state index contributed by atoms with van der Waals surface area (Å²) in [5.74, 6) is -3.19. The van der Waals surface area contributed by atoms with Crippen molar-refractivity contribution in [3.05, 3.63) is 52.0 Å². The number of carboxylic acids is 1. The summed E-state index contributed by atoms with van der Waals surface area (Å²) >= 11 is 0.968. The van der Waals surface area contributed by atoms with Gasteiger partial charge < -0.3 is 5.11 Å². The maximum Gasteiger partial charge on any atom is 0.347 e. The molecule has 0 bridgehead atoms. The molecule has 0 fully saturated rings. The van der Waals surface area contributed by atoms with E-state index in [0.717, 1.165) is 17.4 Å². The van der Waals surface area contributed by atoms with Crippen molar-refractivity contribution in [2.24, 2.45) is 0 Å². The monoisotopic (exact) mass is 330 g/mol. The Balaban J connectivity index is 2.28. The minimum Gasteiger partial charge on any atom is -0.477 e. The molecule has 114 valence electrons. The van der Waals surface area contributed by atoms with Gasteiger partial charge >= 0.3 is 5.97 Å². The van der Waals surface area contributed by atoms with Crippen LogP contribution in [0.2, 0.25) is 0 Å². The number of aromatic carboxylic acids is 1. The normalized spacial score (nSPS) is 10.7. The molecule has 0 aliphatic carbocycles. The van der Waals surface area contributed by atoms with E-state index in [-0.39, 0.29) is 15.8 Å². The van der Waals surface area contributed by atoms with Crippen molar-refractivity contribution in [1.82, 2.24) is 4.98 Å². The molecule has 0 unspecified atom stereocenters. The summed E-state index contributed by atoms with van der Waals surface area (Å²) in [6, 6.07) is 7.14. The number of thiazole rings is 1. The number of hydrogen-bond donors (Lipinski definition) is 1. The van der Waals surface area contributed by atoms with Crippen LogP contribution < -0.4 is 0 Å². The van der Waals surface area contributed by atoms with Gasteiger partial charge in [0, 0.05) is 10.9 Å². The lowest BCUT2D eigenvalue weighted by molar-refractivity contribution is 0.0701. The Morgan fingerprint density at radius 1 is 1.35 bits per heavy atom. The maximum absolute atomic E-state index is 13.9. The molecule has 4 nitrogen and oxygen atoms in total. The van der Waals surface area contributed by atoms with Crippen LogP contribution in [0.1, 0.15) is 20.9 Å². The fourth-order valence-corrected chi connectivity index (χ4v) is 3.22. The van der Waals surface area contributed by atoms with Crippen molar-refractivity contribution in [1.29, 1.82) is 5.26 Å². The molecule has 0 saturated carbocycles. The van der Waals surface area contributed by atoms with Crippen molar-refractivity contribution in [3.8, 4) is 16.6 Å². The lowest BCUT2D eigenvalue weighted by Gasteiger charge is -2.05. The molecule has 0 aliphatic heterocycles. The third-order valence-corrected chi connectivity index (χ3v) is 4.56. The van der Waals surface area contributed by atoms with Gasteiger partial charge in [-0.1, -0.05) is 6.07 Å². The SMILES string of the molecule is Cc1nc(-c2cc(C#N)c3c(F)c(F)ccc3c2)sc1C(=O)O. The predicted molar refractivity (Wildman–Crippen MR) is 81.4 cm³/mol. The minimum absolute atomic E-state index is 0.0285. The lowest BCUT2D eigenvalue weighted by Crippen LogP contribution is -1.94. The van der Waals surface area contributed by atoms with Gasteiger partial charge in [0.15, 0.2) is 11.6 Å². The number of nitriles is 1. The number of aromatic nitrogens is 1. The highest BCUT2D eigenvalue weighted by Crippen LogP contribution is 2.33. The van der Waals surface area contributed by atoms with Gasteiger partial charge in [-0.3, -0.25) is 0 Å². The molecule has 3 rings (SSSR count). The van der Waals surface area contributed by atoms with E-state index in [4.69, 9.17) is 5.11 Å². The van der Waals surface area contributed by atoms with Crippen molar-refractivity contribution < 1.29 is 18.7 Å². The van der Waals surface area contributed by atoms with E-state index in [2.05, 4.69) is 4.98 Å². The smallest absolute Gasteiger partial charge is 0.347 e. The first kappa shape index (κ1) is 15.1. The second kappa shape index (κ2) is 5.41. The molecule has 1 heterocycles. The number of rotatable bonds is 2. The van der Waals surface area contributed by atoms with Gasteiger partial charge in [-0.05, 0) is 30.5 Å². The van der Waals surface area contributed by atoms with Gasteiger partial charge in [0.25, 0.3) is 0 Å². The van der Waals surface area contributed by atoms with Gasteiger partial charge in [-0.15, -0.1) is 11.3 Å². The van der Waals surface area contributed by atoms with Crippen LogP contribution in [0.15, 0.2) is 24.3 Å². The summed E-state index contributed by atoms with van der Waals surface area (Å²) in [6.45, 7) is 1.57. The first-order valence-corrected chi connectivity index (χ1v) is 7.27. The summed E-state index contributed by atoms with van der Waals surface area (Å²) in [6.07, 6.45) is 0. The first-order chi connectivity index (χ1) is 10.9. The van der Waals surface area contributed by atoms with Crippen LogP contribution in [0.3, 0.4) is 0 Å². The van der Waals surface area contributed by atoms with Crippen LogP contribution >= 0.6 is 11.3 Å². The summed E-state index contributed by atoms with van der Waals surface area (Å²) < 4.78 is 27.3. The molecule has 7 heteroatoms. The Hall–Kier alpha value is -2.85. The minimum atomic E-state index is -1.08. The number of carboxylic acid groups (broad SMARTS) is 1. The Labute approximate surface area is 133 Å². The highest BCUT2D eigenvalue weighted by atomic mass is 32.1. The first-order valence-electron chi connectivity index (χ1n) is 6.45. The Kier molecular flexibility index (Phi) is 3.54. The van der Waals surface area contributed by atoms with Gasteiger partial charge in [-0.25, -0.2) is 18.6 Å². The van der Waals surface area contributed by atoms with Crippen LogP contribution in [0.25, 0.3) is 21.3 Å². The molecular weight excluding hydrogens is 322 g/mol. The quantitative estimate of drug-likeness (QED) is 0.767. The molecule has 1 N–H and O–H groups in total. The average Bonchev–Trinajstić information content (AvgIpc) is 2.92. The number of aryl methyl sites for hydroxylation is 1. The topological polar surface area (TPSA) is 74.0 Å². The van der Waals surface area contributed by atoms with Crippen molar-refractivity contribution in [2.45, 2.75) is 6.92 Å². The highest BCUT2D eigenvalue weighted by Gasteiger charge is 2.18. The van der Waals surface area contributed by atoms with Gasteiger partial charge in [-0.2, -0.15) is 5.26 Å². The third kappa shape index (κ3) is 2.43. The van der Waals surface area contributed by atoms with E-state index < -0.39 is 17.6 Å². The summed E-state index contributed by atoms with van der Waals surface area (Å²) in [7, 11) is 0. The molecule has 0 saturated heterocycles. The fraction of sp³-hybridized carbons (Fsp3) is 0.0625. The number of benzene rings is 2. The van der Waals surface area contributed by atoms with Gasteiger partial charge in [0.05, 0.1) is 17.3 Å². The van der Waals surface area contributed by atoms with E-state index in [1.54, 1.807) is 13.0 Å². The standard InChI is InChI=1S/C16H8F2N2O2S/c1-7-14(16(21)22)23-15(20-7)9-4-8-2-3-11(17)13(18)12(8)10(5-9)6-19/h2-5H,1H3,(H,21,22). The summed E-state index contributed by atoms with van der Waals surface area (Å²) in [5.41, 5.74) is 0.821. The fourth-order valence-electron chi connectivity index (χ4n) is 2.33. The zero-order valence-corrected chi connectivity index (χ0v) is 12.5. The Bertz CT molecular complexity index is 1010. The van der Waals surface area contributed by atoms with Crippen LogP contribution in [0, 0.1) is 29.9 Å². The molecule has 0 aliphatic rings. The molecule has 0 radical (unpaired) electrons. The summed E-state index contributed by atoms with van der Waals surface area (Å²) in [5, 5.41) is 19.0. The number of halogens is 2. The second-order valence-electron chi connectivity index (χ2n) is 4.83. The van der Waals surface area contributed by atoms with E-state index in [1.165, 1.54) is 12.1 Å². The van der Waals surface area contributed by atoms with Crippen molar-refractivity contribution >= 4 is 28.1 Å². The van der Waals surface area contributed by atoms with Gasteiger partial charge in [0.1, 0.15) is 9.88 Å². The highest BCUT2D eigenvalue weighted by molar-refractivity contribution is 7.17. The van der Waals surface area contributed by atoms with E-state index >= 15 is 0 Å². The maximum atomic E-state index is 13.9. The van der Waals surface area contributed by atoms with E-state index in [1.807, 2.05) is 6.07 Å². The Morgan fingerprint density at radius 3 is 2.70 bits per heavy atom. The molecule has 2 aromatic carbocycles. The van der Waals surface area contributed by atoms with Crippen LogP contribution in [-0.4, -0.2) is 16.1 Å². The molecule has 0 spiro atoms. The second-order valence-corrected chi connectivity index (χ2v) is 5.83. The number of carbonyl (C=O) groups is 1. The number of hydrogen-bond acceptors (Lipinski definition) is 4. The van der Waals surface area contributed by atoms with Crippen molar-refractivity contribution in [3.63, 3.8) is 0 Å². The molecule has 0 amide bonds. The molecule has 23 heavy (non-hydrogen) atoms. The van der Waals surface area contributed by atoms with Crippen LogP contribution in [-0.2, 0) is 0 Å². The zero-order valence-electron chi connectivity index (χ0n) is 11.7.